The second-order valence-electron chi connectivity index (χ2n) is 8.01. The van der Waals surface area contributed by atoms with Crippen molar-refractivity contribution in [3.63, 3.8) is 0 Å². The van der Waals surface area contributed by atoms with Crippen molar-refractivity contribution in [2.45, 2.75) is 35.4 Å². The van der Waals surface area contributed by atoms with Crippen LogP contribution in [0.4, 0.5) is 5.69 Å². The van der Waals surface area contributed by atoms with Gasteiger partial charge >= 0.3 is 11.9 Å². The minimum Gasteiger partial charge on any atom is -0.463 e. The summed E-state index contributed by atoms with van der Waals surface area (Å²) in [5, 5.41) is 14.4. The Morgan fingerprint density at radius 1 is 1.35 bits per heavy atom. The molecule has 0 aromatic heterocycles. The molecule has 2 fully saturated rings. The summed E-state index contributed by atoms with van der Waals surface area (Å²) in [4.78, 5) is 52.2. The first-order valence-corrected chi connectivity index (χ1v) is 14.3. The number of benzene rings is 1. The minimum atomic E-state index is -4.26. The molecule has 0 spiro atoms. The number of nitrogens with zero attached hydrogens (tertiary/aromatic N) is 5. The number of β-lactam (4-membered cyclic amide) rings is 1. The summed E-state index contributed by atoms with van der Waals surface area (Å²) in [6.45, 7) is -0.0120. The lowest BCUT2D eigenvalue weighted by Gasteiger charge is -2.62. The Morgan fingerprint density at radius 2 is 2.00 bits per heavy atom. The number of nitro benzene ring substituents is 1. The van der Waals surface area contributed by atoms with Crippen LogP contribution in [0.1, 0.15) is 12.5 Å². The molecule has 18 heteroatoms. The Morgan fingerprint density at radius 3 is 2.51 bits per heavy atom. The number of thioether (sulfide) groups is 2. The van der Waals surface area contributed by atoms with Gasteiger partial charge in [-0.15, -0.1) is 23.5 Å². The molecule has 2 aliphatic heterocycles. The molecule has 15 nitrogen and oxygen atoms in total. The Bertz CT molecular complexity index is 1270. The van der Waals surface area contributed by atoms with E-state index in [9.17, 15) is 32.9 Å². The first-order valence-electron chi connectivity index (χ1n) is 10.3. The van der Waals surface area contributed by atoms with Crippen LogP contribution in [0.5, 0.6) is 0 Å². The first kappa shape index (κ1) is 28.5. The van der Waals surface area contributed by atoms with E-state index in [4.69, 9.17) is 19.2 Å². The van der Waals surface area contributed by atoms with Crippen molar-refractivity contribution in [3.05, 3.63) is 50.4 Å². The fraction of sp³-hybridized carbons (Fsp3) is 0.526. The summed E-state index contributed by atoms with van der Waals surface area (Å²) in [5.41, 5.74) is 7.06. The zero-order valence-corrected chi connectivity index (χ0v) is 22.1. The molecule has 0 radical (unpaired) electrons. The molecule has 200 valence electrons. The van der Waals surface area contributed by atoms with Crippen LogP contribution in [0.25, 0.3) is 10.4 Å². The van der Waals surface area contributed by atoms with E-state index >= 15 is 0 Å². The number of amides is 1. The topological polar surface area (TPSA) is 208 Å². The monoisotopic (exact) mass is 575 g/mol. The van der Waals surface area contributed by atoms with Crippen LogP contribution in [0.15, 0.2) is 29.4 Å². The summed E-state index contributed by atoms with van der Waals surface area (Å²) in [6.07, 6.45) is 2.35. The van der Waals surface area contributed by atoms with E-state index in [2.05, 4.69) is 10.0 Å². The van der Waals surface area contributed by atoms with Gasteiger partial charge in [0.05, 0.1) is 11.2 Å². The number of azide groups is 1. The van der Waals surface area contributed by atoms with Gasteiger partial charge < -0.3 is 14.4 Å². The third-order valence-corrected chi connectivity index (χ3v) is 9.44. The smallest absolute Gasteiger partial charge is 0.332 e. The van der Waals surface area contributed by atoms with Crippen LogP contribution in [0.3, 0.4) is 0 Å². The largest absolute Gasteiger partial charge is 0.463 e. The molecule has 37 heavy (non-hydrogen) atoms. The van der Waals surface area contributed by atoms with Crippen LogP contribution < -0.4 is 0 Å². The molecule has 0 N–H and O–H groups in total. The van der Waals surface area contributed by atoms with Crippen molar-refractivity contribution in [1.82, 2.24) is 4.90 Å². The number of esters is 2. The molecule has 2 aliphatic rings. The lowest BCUT2D eigenvalue weighted by Crippen LogP contribution is -2.82. The van der Waals surface area contributed by atoms with Gasteiger partial charge in [-0.3, -0.25) is 23.9 Å². The Hall–Kier alpha value is -3.05. The third-order valence-electron chi connectivity index (χ3n) is 5.48. The molecule has 3 rings (SSSR count). The molecule has 1 amide bonds. The lowest BCUT2D eigenvalue weighted by atomic mass is 9.90. The van der Waals surface area contributed by atoms with Crippen molar-refractivity contribution in [2.75, 3.05) is 24.9 Å². The Labute approximate surface area is 219 Å². The van der Waals surface area contributed by atoms with Gasteiger partial charge in [0.1, 0.15) is 13.2 Å². The molecule has 4 atom stereocenters. The van der Waals surface area contributed by atoms with Gasteiger partial charge in [0.25, 0.3) is 15.8 Å². The highest BCUT2D eigenvalue weighted by atomic mass is 32.2. The molecule has 0 bridgehead atoms. The van der Waals surface area contributed by atoms with E-state index in [-0.39, 0.29) is 18.0 Å². The first-order chi connectivity index (χ1) is 17.3. The normalized spacial score (nSPS) is 26.8. The second-order valence-corrected chi connectivity index (χ2v) is 12.1. The quantitative estimate of drug-likeness (QED) is 0.0569. The van der Waals surface area contributed by atoms with Crippen LogP contribution in [-0.2, 0) is 44.8 Å². The summed E-state index contributed by atoms with van der Waals surface area (Å²) >= 11 is 2.10. The maximum atomic E-state index is 13.5. The van der Waals surface area contributed by atoms with Gasteiger partial charge in [-0.25, -0.2) is 4.79 Å². The minimum absolute atomic E-state index is 0.179. The number of hydrogen-bond donors (Lipinski definition) is 0. The summed E-state index contributed by atoms with van der Waals surface area (Å²) < 4.78 is 39.0. The highest BCUT2D eigenvalue weighted by Crippen LogP contribution is 2.58. The van der Waals surface area contributed by atoms with Crippen molar-refractivity contribution in [2.24, 2.45) is 5.11 Å². The number of fused-ring (bicyclic) bond motifs is 1. The predicted molar refractivity (Wildman–Crippen MR) is 130 cm³/mol. The van der Waals surface area contributed by atoms with E-state index in [1.165, 1.54) is 24.3 Å². The van der Waals surface area contributed by atoms with Gasteiger partial charge in [0.15, 0.2) is 21.9 Å². The fourth-order valence-corrected chi connectivity index (χ4v) is 7.63. The maximum absolute atomic E-state index is 13.5. The van der Waals surface area contributed by atoms with E-state index in [0.29, 0.717) is 5.56 Å². The van der Waals surface area contributed by atoms with E-state index in [1.54, 1.807) is 6.26 Å². The highest BCUT2D eigenvalue weighted by Gasteiger charge is 2.72. The Kier molecular flexibility index (Phi) is 8.28. The lowest BCUT2D eigenvalue weighted by molar-refractivity contribution is -0.384. The highest BCUT2D eigenvalue weighted by molar-refractivity contribution is 8.18. The Balaban J connectivity index is 2.02. The zero-order valence-electron chi connectivity index (χ0n) is 19.6. The third kappa shape index (κ3) is 5.62. The molecule has 1 aromatic carbocycles. The molecule has 0 saturated carbocycles. The van der Waals surface area contributed by atoms with Crippen LogP contribution >= 0.6 is 23.5 Å². The van der Waals surface area contributed by atoms with Gasteiger partial charge in [-0.05, 0) is 29.5 Å². The van der Waals surface area contributed by atoms with Crippen LogP contribution in [-0.4, -0.2) is 82.8 Å². The number of non-ortho nitro benzene ring substituents is 1. The summed E-state index contributed by atoms with van der Waals surface area (Å²) in [5.74, 6) is -2.91. The van der Waals surface area contributed by atoms with Gasteiger partial charge in [-0.1, -0.05) is 5.11 Å². The van der Waals surface area contributed by atoms with Crippen LogP contribution in [0.2, 0.25) is 0 Å². The summed E-state index contributed by atoms with van der Waals surface area (Å²) in [7, 11) is -4.26. The molecule has 2 heterocycles. The van der Waals surface area contributed by atoms with Crippen molar-refractivity contribution in [3.8, 4) is 0 Å². The molecule has 2 saturated heterocycles. The summed E-state index contributed by atoms with van der Waals surface area (Å²) in [6, 6.07) is 2.22. The van der Waals surface area contributed by atoms with Crippen molar-refractivity contribution < 1.29 is 41.4 Å². The number of nitro groups is 1. The van der Waals surface area contributed by atoms with E-state index in [0.717, 1.165) is 41.6 Å². The molecular formula is C19H21N5O10S3. The fourth-order valence-electron chi connectivity index (χ4n) is 3.95. The SMILES string of the molecule is CS[C@]12SCC(COC(C)=O)(OS(C)(=O)=O)C(C(=O)OCc3ccc([N+](=O)[O-])cc3)N1C(=O)C2N=[N+]=[N-]. The average Bonchev–Trinajstić information content (AvgIpc) is 2.83. The number of carbonyl (C=O) groups excluding carboxylic acids is 3. The number of hydrogen-bond acceptors (Lipinski definition) is 13. The average molecular weight is 576 g/mol. The number of carbonyl (C=O) groups is 3. The molecule has 0 aliphatic carbocycles. The van der Waals surface area contributed by atoms with E-state index < -0.39 is 61.4 Å². The van der Waals surface area contributed by atoms with Gasteiger partial charge in [0.2, 0.25) is 5.91 Å². The van der Waals surface area contributed by atoms with Gasteiger partial charge in [0, 0.05) is 29.7 Å². The van der Waals surface area contributed by atoms with Crippen molar-refractivity contribution >= 4 is 57.2 Å². The maximum Gasteiger partial charge on any atom is 0.332 e. The van der Waals surface area contributed by atoms with Crippen molar-refractivity contribution in [1.29, 1.82) is 0 Å². The van der Waals surface area contributed by atoms with Gasteiger partial charge in [-0.2, -0.15) is 8.42 Å². The zero-order chi connectivity index (χ0) is 27.6. The second kappa shape index (κ2) is 10.7. The number of rotatable bonds is 10. The molecular weight excluding hydrogens is 554 g/mol. The molecule has 1 aromatic rings. The standard InChI is InChI=1S/C19H21N5O10S3/c1-11(25)33-9-18(34-37(3,30)31)10-36-19(35-2)14(21-22-20)16(26)23(19)15(18)17(27)32-8-12-4-6-13(7-5-12)24(28)29/h4-7,14-15H,8-10H2,1-3H3/t14?,15?,18?,19-/m1/s1. The number of ether oxygens (including phenoxy) is 2. The molecule has 3 unspecified atom stereocenters. The van der Waals surface area contributed by atoms with E-state index in [1.807, 2.05) is 0 Å². The predicted octanol–water partition coefficient (Wildman–Crippen LogP) is 1.57. The van der Waals surface area contributed by atoms with Crippen LogP contribution in [0, 0.1) is 10.1 Å².